The third-order valence-electron chi connectivity index (χ3n) is 2.31. The van der Waals surface area contributed by atoms with Crippen molar-refractivity contribution in [3.05, 3.63) is 29.8 Å². The summed E-state index contributed by atoms with van der Waals surface area (Å²) in [5.41, 5.74) is 8.03. The van der Waals surface area contributed by atoms with Gasteiger partial charge in [0.05, 0.1) is 0 Å². The number of nitrogens with two attached hydrogens (primary N) is 1. The van der Waals surface area contributed by atoms with Crippen molar-refractivity contribution in [2.24, 2.45) is 10.7 Å². The van der Waals surface area contributed by atoms with Gasteiger partial charge in [-0.3, -0.25) is 0 Å². The Morgan fingerprint density at radius 1 is 1.46 bits per heavy atom. The first-order valence-electron chi connectivity index (χ1n) is 4.47. The lowest BCUT2D eigenvalue weighted by Crippen LogP contribution is -2.32. The fourth-order valence-electron chi connectivity index (χ4n) is 1.56. The van der Waals surface area contributed by atoms with Gasteiger partial charge in [0, 0.05) is 17.8 Å². The Labute approximate surface area is 77.9 Å². The number of benzene rings is 1. The fraction of sp³-hybridized carbons (Fsp3) is 0.300. The summed E-state index contributed by atoms with van der Waals surface area (Å²) >= 11 is 0. The lowest BCUT2D eigenvalue weighted by atomic mass is 10.1. The third kappa shape index (κ3) is 1.26. The molecule has 0 saturated carbocycles. The smallest absolute Gasteiger partial charge is 0.129 e. The molecule has 1 aliphatic rings. The van der Waals surface area contributed by atoms with Crippen molar-refractivity contribution in [3.63, 3.8) is 0 Å². The molecule has 0 saturated heterocycles. The van der Waals surface area contributed by atoms with Gasteiger partial charge in [0.1, 0.15) is 12.5 Å². The molecular formula is C10H13N3. The maximum Gasteiger partial charge on any atom is 0.129 e. The van der Waals surface area contributed by atoms with Crippen LogP contribution in [-0.2, 0) is 0 Å². The zero-order valence-corrected chi connectivity index (χ0v) is 7.70. The molecule has 1 heterocycles. The molecule has 0 fully saturated rings. The third-order valence-corrected chi connectivity index (χ3v) is 2.31. The molecule has 3 heteroatoms. The minimum absolute atomic E-state index is 0.653. The highest BCUT2D eigenvalue weighted by Crippen LogP contribution is 2.22. The van der Waals surface area contributed by atoms with E-state index < -0.39 is 0 Å². The van der Waals surface area contributed by atoms with E-state index in [2.05, 4.69) is 22.9 Å². The first kappa shape index (κ1) is 8.10. The van der Waals surface area contributed by atoms with E-state index in [4.69, 9.17) is 5.73 Å². The summed E-state index contributed by atoms with van der Waals surface area (Å²) in [5, 5.41) is 0. The number of fused-ring (bicyclic) bond motifs is 1. The predicted octanol–water partition coefficient (Wildman–Crippen LogP) is 1.19. The van der Waals surface area contributed by atoms with Crippen molar-refractivity contribution < 1.29 is 0 Å². The molecule has 0 unspecified atom stereocenters. The van der Waals surface area contributed by atoms with Crippen LogP contribution < -0.4 is 10.6 Å². The van der Waals surface area contributed by atoms with Crippen molar-refractivity contribution in [1.29, 1.82) is 0 Å². The van der Waals surface area contributed by atoms with Crippen molar-refractivity contribution in [2.75, 3.05) is 18.1 Å². The van der Waals surface area contributed by atoms with Crippen molar-refractivity contribution >= 4 is 11.5 Å². The molecule has 1 aromatic rings. The minimum atomic E-state index is 0.653. The molecule has 0 radical (unpaired) electrons. The molecule has 0 atom stereocenters. The van der Waals surface area contributed by atoms with Gasteiger partial charge in [-0.2, -0.15) is 0 Å². The van der Waals surface area contributed by atoms with Gasteiger partial charge in [-0.05, 0) is 19.1 Å². The zero-order valence-electron chi connectivity index (χ0n) is 7.70. The van der Waals surface area contributed by atoms with E-state index >= 15 is 0 Å². The van der Waals surface area contributed by atoms with Gasteiger partial charge in [-0.15, -0.1) is 0 Å². The Morgan fingerprint density at radius 3 is 3.00 bits per heavy atom. The van der Waals surface area contributed by atoms with Crippen LogP contribution in [0.25, 0.3) is 0 Å². The zero-order chi connectivity index (χ0) is 9.26. The van der Waals surface area contributed by atoms with E-state index in [1.54, 1.807) is 0 Å². The number of rotatable bonds is 1. The second-order valence-corrected chi connectivity index (χ2v) is 3.06. The van der Waals surface area contributed by atoms with E-state index in [1.807, 2.05) is 18.2 Å². The summed E-state index contributed by atoms with van der Waals surface area (Å²) in [4.78, 5) is 6.44. The van der Waals surface area contributed by atoms with Gasteiger partial charge in [0.25, 0.3) is 0 Å². The predicted molar refractivity (Wildman–Crippen MR) is 55.1 cm³/mol. The number of anilines is 1. The van der Waals surface area contributed by atoms with Crippen LogP contribution >= 0.6 is 0 Å². The molecule has 3 nitrogen and oxygen atoms in total. The number of nitrogens with zero attached hydrogens (tertiary/aromatic N) is 2. The Bertz CT molecular complexity index is 344. The van der Waals surface area contributed by atoms with Crippen molar-refractivity contribution in [2.45, 2.75) is 6.92 Å². The highest BCUT2D eigenvalue weighted by atomic mass is 15.2. The van der Waals surface area contributed by atoms with Gasteiger partial charge in [-0.25, -0.2) is 4.99 Å². The quantitative estimate of drug-likeness (QED) is 0.696. The van der Waals surface area contributed by atoms with E-state index in [-0.39, 0.29) is 0 Å². The maximum absolute atomic E-state index is 5.79. The summed E-state index contributed by atoms with van der Waals surface area (Å²) in [6, 6.07) is 8.11. The number of hydrogen-bond acceptors (Lipinski definition) is 3. The second-order valence-electron chi connectivity index (χ2n) is 3.06. The Balaban J connectivity index is 2.50. The van der Waals surface area contributed by atoms with Crippen LogP contribution in [0.3, 0.4) is 0 Å². The number of amidine groups is 1. The average molecular weight is 175 g/mol. The summed E-state index contributed by atoms with van der Waals surface area (Å²) in [6.07, 6.45) is 0. The first-order valence-corrected chi connectivity index (χ1v) is 4.47. The summed E-state index contributed by atoms with van der Waals surface area (Å²) in [7, 11) is 0. The SMILES string of the molecule is CCN1CN=C(N)c2ccccc21. The van der Waals surface area contributed by atoms with Crippen LogP contribution in [0, 0.1) is 0 Å². The molecule has 0 aliphatic carbocycles. The van der Waals surface area contributed by atoms with E-state index in [1.165, 1.54) is 5.69 Å². The van der Waals surface area contributed by atoms with Gasteiger partial charge >= 0.3 is 0 Å². The number of para-hydroxylation sites is 1. The Morgan fingerprint density at radius 2 is 2.23 bits per heavy atom. The molecule has 2 rings (SSSR count). The lowest BCUT2D eigenvalue weighted by molar-refractivity contribution is 0.830. The molecule has 13 heavy (non-hydrogen) atoms. The molecule has 1 aromatic carbocycles. The molecule has 0 spiro atoms. The van der Waals surface area contributed by atoms with Crippen LogP contribution in [0.15, 0.2) is 29.3 Å². The van der Waals surface area contributed by atoms with Crippen LogP contribution in [0.5, 0.6) is 0 Å². The van der Waals surface area contributed by atoms with Crippen LogP contribution in [0.1, 0.15) is 12.5 Å². The van der Waals surface area contributed by atoms with Crippen LogP contribution in [0.2, 0.25) is 0 Å². The summed E-state index contributed by atoms with van der Waals surface area (Å²) in [6.45, 7) is 3.76. The van der Waals surface area contributed by atoms with E-state index in [9.17, 15) is 0 Å². The Hall–Kier alpha value is -1.51. The van der Waals surface area contributed by atoms with Gasteiger partial charge < -0.3 is 10.6 Å². The molecule has 1 aliphatic heterocycles. The van der Waals surface area contributed by atoms with Gasteiger partial charge in [0.2, 0.25) is 0 Å². The molecule has 0 bridgehead atoms. The molecule has 0 aromatic heterocycles. The van der Waals surface area contributed by atoms with Crippen LogP contribution in [-0.4, -0.2) is 19.0 Å². The van der Waals surface area contributed by atoms with Gasteiger partial charge in [-0.1, -0.05) is 12.1 Å². The first-order chi connectivity index (χ1) is 6.33. The van der Waals surface area contributed by atoms with Crippen LogP contribution in [0.4, 0.5) is 5.69 Å². The molecule has 0 amide bonds. The largest absolute Gasteiger partial charge is 0.383 e. The van der Waals surface area contributed by atoms with E-state index in [0.717, 1.165) is 12.1 Å². The van der Waals surface area contributed by atoms with Gasteiger partial charge in [0.15, 0.2) is 0 Å². The molecular weight excluding hydrogens is 162 g/mol. The minimum Gasteiger partial charge on any atom is -0.383 e. The second kappa shape index (κ2) is 3.09. The maximum atomic E-state index is 5.79. The summed E-state index contributed by atoms with van der Waals surface area (Å²) < 4.78 is 0. The normalized spacial score (nSPS) is 15.2. The number of aliphatic imine (C=N–C) groups is 1. The fourth-order valence-corrected chi connectivity index (χ4v) is 1.56. The Kier molecular flexibility index (Phi) is 1.93. The highest BCUT2D eigenvalue weighted by molar-refractivity contribution is 6.03. The van der Waals surface area contributed by atoms with Crippen molar-refractivity contribution in [3.8, 4) is 0 Å². The highest BCUT2D eigenvalue weighted by Gasteiger charge is 2.15. The molecule has 2 N–H and O–H groups in total. The monoisotopic (exact) mass is 175 g/mol. The topological polar surface area (TPSA) is 41.6 Å². The van der Waals surface area contributed by atoms with E-state index in [0.29, 0.717) is 12.5 Å². The molecule has 68 valence electrons. The standard InChI is InChI=1S/C10H13N3/c1-2-13-7-12-10(11)8-5-3-4-6-9(8)13/h3-6H,2,7H2,1H3,(H2,11,12). The average Bonchev–Trinajstić information content (AvgIpc) is 2.19. The van der Waals surface area contributed by atoms with Crippen molar-refractivity contribution in [1.82, 2.24) is 0 Å². The summed E-state index contributed by atoms with van der Waals surface area (Å²) in [5.74, 6) is 0.653. The lowest BCUT2D eigenvalue weighted by Gasteiger charge is -2.27. The number of hydrogen-bond donors (Lipinski definition) is 1.